The molecule has 2 aliphatic rings. The number of nitrogens with zero attached hydrogens (tertiary/aromatic N) is 3. The van der Waals surface area contributed by atoms with Gasteiger partial charge in [-0.3, -0.25) is 14.5 Å². The Hall–Kier alpha value is -2.58. The lowest BCUT2D eigenvalue weighted by Gasteiger charge is -2.36. The summed E-state index contributed by atoms with van der Waals surface area (Å²) in [6.45, 7) is 6.31. The Bertz CT molecular complexity index is 874. The minimum Gasteiger partial charge on any atom is -0.493 e. The highest BCUT2D eigenvalue weighted by atomic mass is 16.5. The van der Waals surface area contributed by atoms with Crippen molar-refractivity contribution in [1.82, 2.24) is 14.7 Å². The van der Waals surface area contributed by atoms with Crippen LogP contribution >= 0.6 is 0 Å². The average molecular weight is 446 g/mol. The molecule has 1 aromatic rings. The van der Waals surface area contributed by atoms with Crippen LogP contribution in [0.3, 0.4) is 0 Å². The number of imide groups is 1. The standard InChI is InChI=1S/C24H35N3O5/c1-16(2)32-14-13-27-23(28)21(17-7-8-19(30-5)20(15-17)31-6)22(24(27)29)26(4)18-9-11-25(3)12-10-18/h7-8,15-16,18H,9-14H2,1-6H3. The zero-order chi connectivity index (χ0) is 23.4. The molecular formula is C24H35N3O5. The van der Waals surface area contributed by atoms with Gasteiger partial charge in [0.2, 0.25) is 0 Å². The van der Waals surface area contributed by atoms with Crippen molar-refractivity contribution < 1.29 is 23.8 Å². The molecule has 32 heavy (non-hydrogen) atoms. The van der Waals surface area contributed by atoms with Crippen LogP contribution in [0, 0.1) is 0 Å². The van der Waals surface area contributed by atoms with Crippen LogP contribution < -0.4 is 9.47 Å². The quantitative estimate of drug-likeness (QED) is 0.540. The van der Waals surface area contributed by atoms with E-state index < -0.39 is 0 Å². The Morgan fingerprint density at radius 1 is 1.06 bits per heavy atom. The normalized spacial score (nSPS) is 18.2. The highest BCUT2D eigenvalue weighted by Crippen LogP contribution is 2.37. The molecule has 0 spiro atoms. The zero-order valence-electron chi connectivity index (χ0n) is 20.0. The molecule has 0 unspecified atom stereocenters. The summed E-state index contributed by atoms with van der Waals surface area (Å²) >= 11 is 0. The third-order valence-corrected chi connectivity index (χ3v) is 6.17. The summed E-state index contributed by atoms with van der Waals surface area (Å²) < 4.78 is 16.4. The summed E-state index contributed by atoms with van der Waals surface area (Å²) in [6, 6.07) is 5.52. The number of benzene rings is 1. The molecule has 1 fully saturated rings. The van der Waals surface area contributed by atoms with E-state index in [-0.39, 0.29) is 30.5 Å². The highest BCUT2D eigenvalue weighted by molar-refractivity contribution is 6.35. The van der Waals surface area contributed by atoms with Gasteiger partial charge in [0.25, 0.3) is 11.8 Å². The molecule has 3 rings (SSSR count). The number of hydrogen-bond donors (Lipinski definition) is 0. The van der Waals surface area contributed by atoms with Crippen LogP contribution in [0.2, 0.25) is 0 Å². The predicted octanol–water partition coefficient (Wildman–Crippen LogP) is 2.23. The van der Waals surface area contributed by atoms with E-state index in [0.29, 0.717) is 34.9 Å². The van der Waals surface area contributed by atoms with Gasteiger partial charge in [-0.15, -0.1) is 0 Å². The molecule has 0 saturated carbocycles. The van der Waals surface area contributed by atoms with Crippen molar-refractivity contribution in [2.75, 3.05) is 54.6 Å². The first-order valence-corrected chi connectivity index (χ1v) is 11.1. The van der Waals surface area contributed by atoms with E-state index in [1.54, 1.807) is 32.4 Å². The van der Waals surface area contributed by atoms with Gasteiger partial charge in [0, 0.05) is 13.1 Å². The van der Waals surface area contributed by atoms with Gasteiger partial charge in [0.1, 0.15) is 5.70 Å². The first-order valence-electron chi connectivity index (χ1n) is 11.1. The van der Waals surface area contributed by atoms with E-state index in [4.69, 9.17) is 14.2 Å². The van der Waals surface area contributed by atoms with Crippen LogP contribution in [0.25, 0.3) is 5.57 Å². The number of methoxy groups -OCH3 is 2. The first kappa shape index (κ1) is 24.1. The molecule has 176 valence electrons. The summed E-state index contributed by atoms with van der Waals surface area (Å²) in [4.78, 5) is 32.6. The fourth-order valence-electron chi connectivity index (χ4n) is 4.29. The highest BCUT2D eigenvalue weighted by Gasteiger charge is 2.42. The second kappa shape index (κ2) is 10.4. The molecular weight excluding hydrogens is 410 g/mol. The van der Waals surface area contributed by atoms with Gasteiger partial charge in [-0.25, -0.2) is 0 Å². The number of rotatable bonds is 9. The molecule has 0 N–H and O–H groups in total. The summed E-state index contributed by atoms with van der Waals surface area (Å²) in [5, 5.41) is 0. The van der Waals surface area contributed by atoms with Crippen molar-refractivity contribution in [2.24, 2.45) is 0 Å². The van der Waals surface area contributed by atoms with Gasteiger partial charge >= 0.3 is 0 Å². The Labute approximate surface area is 190 Å². The fourth-order valence-corrected chi connectivity index (χ4v) is 4.29. The summed E-state index contributed by atoms with van der Waals surface area (Å²) in [6.07, 6.45) is 1.91. The molecule has 8 heteroatoms. The minimum atomic E-state index is -0.302. The number of carbonyl (C=O) groups is 2. The van der Waals surface area contributed by atoms with Crippen LogP contribution in [0.5, 0.6) is 11.5 Å². The second-order valence-corrected chi connectivity index (χ2v) is 8.62. The maximum Gasteiger partial charge on any atom is 0.277 e. The van der Waals surface area contributed by atoms with Gasteiger partial charge < -0.3 is 24.0 Å². The van der Waals surface area contributed by atoms with Crippen molar-refractivity contribution in [1.29, 1.82) is 0 Å². The molecule has 0 aliphatic carbocycles. The van der Waals surface area contributed by atoms with E-state index in [9.17, 15) is 9.59 Å². The molecule has 0 atom stereocenters. The summed E-state index contributed by atoms with van der Waals surface area (Å²) in [7, 11) is 7.15. The minimum absolute atomic E-state index is 0.0301. The zero-order valence-corrected chi connectivity index (χ0v) is 20.0. The Morgan fingerprint density at radius 2 is 1.72 bits per heavy atom. The molecule has 0 radical (unpaired) electrons. The van der Waals surface area contributed by atoms with Crippen molar-refractivity contribution in [3.05, 3.63) is 29.5 Å². The summed E-state index contributed by atoms with van der Waals surface area (Å²) in [5.41, 5.74) is 1.49. The number of hydrogen-bond acceptors (Lipinski definition) is 7. The van der Waals surface area contributed by atoms with E-state index in [2.05, 4.69) is 11.9 Å². The first-order chi connectivity index (χ1) is 15.3. The van der Waals surface area contributed by atoms with E-state index >= 15 is 0 Å². The van der Waals surface area contributed by atoms with Gasteiger partial charge in [-0.05, 0) is 64.5 Å². The molecule has 1 aromatic carbocycles. The largest absolute Gasteiger partial charge is 0.493 e. The topological polar surface area (TPSA) is 71.5 Å². The fraction of sp³-hybridized carbons (Fsp3) is 0.583. The Kier molecular flexibility index (Phi) is 7.79. The van der Waals surface area contributed by atoms with E-state index in [1.165, 1.54) is 4.90 Å². The average Bonchev–Trinajstić information content (AvgIpc) is 3.03. The lowest BCUT2D eigenvalue weighted by Crippen LogP contribution is -2.44. The lowest BCUT2D eigenvalue weighted by molar-refractivity contribution is -0.138. The number of likely N-dealkylation sites (N-methyl/N-ethyl adjacent to an activating group) is 1. The van der Waals surface area contributed by atoms with Crippen molar-refractivity contribution >= 4 is 17.4 Å². The molecule has 1 saturated heterocycles. The molecule has 2 heterocycles. The number of piperidine rings is 1. The SMILES string of the molecule is COc1ccc(C2=C(N(C)C3CCN(C)CC3)C(=O)N(CCOC(C)C)C2=O)cc1OC. The maximum absolute atomic E-state index is 13.5. The van der Waals surface area contributed by atoms with Gasteiger partial charge in [0.05, 0.1) is 39.0 Å². The van der Waals surface area contributed by atoms with E-state index in [0.717, 1.165) is 25.9 Å². The van der Waals surface area contributed by atoms with Gasteiger partial charge in [-0.2, -0.15) is 0 Å². The molecule has 8 nitrogen and oxygen atoms in total. The van der Waals surface area contributed by atoms with Crippen molar-refractivity contribution in [3.8, 4) is 11.5 Å². The third-order valence-electron chi connectivity index (χ3n) is 6.17. The monoisotopic (exact) mass is 445 g/mol. The number of ether oxygens (including phenoxy) is 3. The maximum atomic E-state index is 13.5. The predicted molar refractivity (Wildman–Crippen MR) is 123 cm³/mol. The second-order valence-electron chi connectivity index (χ2n) is 8.62. The molecule has 2 aliphatic heterocycles. The van der Waals surface area contributed by atoms with Crippen molar-refractivity contribution in [2.45, 2.75) is 38.8 Å². The molecule has 0 aromatic heterocycles. The molecule has 2 amide bonds. The smallest absolute Gasteiger partial charge is 0.277 e. The number of carbonyl (C=O) groups excluding carboxylic acids is 2. The Balaban J connectivity index is 1.99. The van der Waals surface area contributed by atoms with E-state index in [1.807, 2.05) is 25.8 Å². The van der Waals surface area contributed by atoms with Crippen LogP contribution in [0.1, 0.15) is 32.3 Å². The third kappa shape index (κ3) is 4.91. The van der Waals surface area contributed by atoms with Crippen LogP contribution in [-0.4, -0.2) is 93.2 Å². The van der Waals surface area contributed by atoms with Crippen LogP contribution in [-0.2, 0) is 14.3 Å². The van der Waals surface area contributed by atoms with Gasteiger partial charge in [-0.1, -0.05) is 6.07 Å². The van der Waals surface area contributed by atoms with Crippen LogP contribution in [0.4, 0.5) is 0 Å². The number of amides is 2. The summed E-state index contributed by atoms with van der Waals surface area (Å²) in [5.74, 6) is 0.514. The lowest BCUT2D eigenvalue weighted by atomic mass is 10.00. The number of likely N-dealkylation sites (tertiary alicyclic amines) is 1. The van der Waals surface area contributed by atoms with Crippen molar-refractivity contribution in [3.63, 3.8) is 0 Å². The van der Waals surface area contributed by atoms with Crippen LogP contribution in [0.15, 0.2) is 23.9 Å². The Morgan fingerprint density at radius 3 is 2.31 bits per heavy atom. The van der Waals surface area contributed by atoms with Gasteiger partial charge in [0.15, 0.2) is 11.5 Å². The molecule has 0 bridgehead atoms.